The predicted octanol–water partition coefficient (Wildman–Crippen LogP) is 7.00. The number of carbonyl (C=O) groups excluding carboxylic acids is 1. The van der Waals surface area contributed by atoms with E-state index >= 15 is 0 Å². The first-order valence-electron chi connectivity index (χ1n) is 14.1. The van der Waals surface area contributed by atoms with Crippen LogP contribution in [0.15, 0.2) is 106 Å². The number of thiazole rings is 1. The van der Waals surface area contributed by atoms with Gasteiger partial charge in [0.2, 0.25) is 0 Å². The summed E-state index contributed by atoms with van der Waals surface area (Å²) in [5.41, 5.74) is 3.11. The zero-order valence-corrected chi connectivity index (χ0v) is 29.3. The van der Waals surface area contributed by atoms with Gasteiger partial charge in [-0.2, -0.15) is 0 Å². The number of aromatic nitrogens is 1. The van der Waals surface area contributed by atoms with Crippen LogP contribution in [0.5, 0.6) is 5.75 Å². The molecule has 0 amide bonds. The van der Waals surface area contributed by atoms with Gasteiger partial charge in [-0.3, -0.25) is 9.36 Å². The third-order valence-electron chi connectivity index (χ3n) is 7.17. The fourth-order valence-corrected chi connectivity index (χ4v) is 8.22. The summed E-state index contributed by atoms with van der Waals surface area (Å²) in [5, 5.41) is 0. The number of benzene rings is 4. The van der Waals surface area contributed by atoms with Crippen molar-refractivity contribution in [2.45, 2.75) is 19.6 Å². The van der Waals surface area contributed by atoms with Gasteiger partial charge in [-0.15, -0.1) is 0 Å². The SMILES string of the molecule is CCOC(=O)C1=C(c2ccccc2)N=c2s/c(=C\c3cc(I)c(OCc4ccc(F)cc4)c(I)c3)c(=O)n2[C@@H]1c1ccc(F)cc1. The zero-order valence-electron chi connectivity index (χ0n) is 24.2. The van der Waals surface area contributed by atoms with Gasteiger partial charge in [0.25, 0.3) is 5.56 Å². The third kappa shape index (κ3) is 6.72. The maximum Gasteiger partial charge on any atom is 0.338 e. The molecule has 0 bridgehead atoms. The van der Waals surface area contributed by atoms with E-state index in [1.807, 2.05) is 42.5 Å². The Balaban J connectivity index is 1.47. The molecule has 1 aromatic heterocycles. The molecule has 2 heterocycles. The van der Waals surface area contributed by atoms with Crippen molar-refractivity contribution >= 4 is 74.3 Å². The van der Waals surface area contributed by atoms with Crippen LogP contribution in [0.25, 0.3) is 11.8 Å². The lowest BCUT2D eigenvalue weighted by Gasteiger charge is -2.25. The average molecular weight is 860 g/mol. The van der Waals surface area contributed by atoms with Crippen molar-refractivity contribution in [2.24, 2.45) is 4.99 Å². The molecule has 0 N–H and O–H groups in total. The van der Waals surface area contributed by atoms with Gasteiger partial charge in [0.1, 0.15) is 24.0 Å². The van der Waals surface area contributed by atoms with E-state index in [1.165, 1.54) is 40.2 Å². The molecule has 11 heteroatoms. The van der Waals surface area contributed by atoms with Crippen molar-refractivity contribution in [3.8, 4) is 5.75 Å². The van der Waals surface area contributed by atoms with E-state index in [-0.39, 0.29) is 30.2 Å². The zero-order chi connectivity index (χ0) is 32.4. The molecule has 6 rings (SSSR count). The molecule has 6 nitrogen and oxygen atoms in total. The second-order valence-corrected chi connectivity index (χ2v) is 13.5. The molecule has 4 aromatic carbocycles. The molecule has 0 fully saturated rings. The van der Waals surface area contributed by atoms with E-state index in [4.69, 9.17) is 14.5 Å². The summed E-state index contributed by atoms with van der Waals surface area (Å²) >= 11 is 5.59. The monoisotopic (exact) mass is 860 g/mol. The van der Waals surface area contributed by atoms with Crippen molar-refractivity contribution in [3.05, 3.63) is 157 Å². The van der Waals surface area contributed by atoms with Crippen LogP contribution >= 0.6 is 56.5 Å². The van der Waals surface area contributed by atoms with Crippen LogP contribution in [-0.4, -0.2) is 17.1 Å². The molecule has 0 aliphatic carbocycles. The van der Waals surface area contributed by atoms with Crippen LogP contribution in [0.2, 0.25) is 0 Å². The Morgan fingerprint density at radius 2 is 1.59 bits per heavy atom. The van der Waals surface area contributed by atoms with Crippen LogP contribution in [0, 0.1) is 18.8 Å². The minimum absolute atomic E-state index is 0.131. The van der Waals surface area contributed by atoms with Crippen LogP contribution in [0.1, 0.15) is 35.2 Å². The van der Waals surface area contributed by atoms with Gasteiger partial charge in [0, 0.05) is 5.56 Å². The van der Waals surface area contributed by atoms with Crippen LogP contribution < -0.4 is 19.6 Å². The van der Waals surface area contributed by atoms with Gasteiger partial charge in [-0.1, -0.05) is 65.9 Å². The molecule has 0 unspecified atom stereocenters. The van der Waals surface area contributed by atoms with Gasteiger partial charge in [-0.05, 0) is 111 Å². The number of nitrogens with zero attached hydrogens (tertiary/aromatic N) is 2. The first-order valence-corrected chi connectivity index (χ1v) is 17.1. The van der Waals surface area contributed by atoms with E-state index in [9.17, 15) is 18.4 Å². The lowest BCUT2D eigenvalue weighted by Crippen LogP contribution is -2.40. The van der Waals surface area contributed by atoms with Gasteiger partial charge in [0.05, 0.1) is 35.6 Å². The normalized spacial score (nSPS) is 14.5. The van der Waals surface area contributed by atoms with Gasteiger partial charge < -0.3 is 9.47 Å². The van der Waals surface area contributed by atoms with Crippen LogP contribution in [-0.2, 0) is 16.1 Å². The lowest BCUT2D eigenvalue weighted by atomic mass is 9.93. The second kappa shape index (κ2) is 14.0. The van der Waals surface area contributed by atoms with Crippen molar-refractivity contribution in [1.29, 1.82) is 0 Å². The predicted molar refractivity (Wildman–Crippen MR) is 190 cm³/mol. The first kappa shape index (κ1) is 32.3. The minimum Gasteiger partial charge on any atom is -0.487 e. The van der Waals surface area contributed by atoms with Crippen molar-refractivity contribution in [1.82, 2.24) is 4.57 Å². The summed E-state index contributed by atoms with van der Waals surface area (Å²) in [7, 11) is 0. The molecule has 5 aromatic rings. The average Bonchev–Trinajstić information content (AvgIpc) is 3.35. The van der Waals surface area contributed by atoms with Crippen LogP contribution in [0.3, 0.4) is 0 Å². The van der Waals surface area contributed by atoms with E-state index in [1.54, 1.807) is 37.3 Å². The second-order valence-electron chi connectivity index (χ2n) is 10.2. The standard InChI is InChI=1S/C35H24F2I2N2O4S/c1-2-44-34(43)29-30(22-6-4-3-5-7-22)40-35-41(31(29)23-10-14-25(37)15-11-23)33(42)28(46-35)18-21-16-26(38)32(27(39)17-21)45-19-20-8-12-24(36)13-9-20/h3-18,31H,2,19H2,1H3/b28-18-/t31-/m1/s1. The molecule has 0 saturated carbocycles. The molecule has 0 saturated heterocycles. The molecular formula is C35H24F2I2N2O4S. The van der Waals surface area contributed by atoms with Gasteiger partial charge >= 0.3 is 5.97 Å². The molecular weight excluding hydrogens is 836 g/mol. The minimum atomic E-state index is -0.893. The Morgan fingerprint density at radius 1 is 0.957 bits per heavy atom. The molecule has 0 spiro atoms. The molecule has 46 heavy (non-hydrogen) atoms. The number of fused-ring (bicyclic) bond motifs is 1. The van der Waals surface area contributed by atoms with Crippen molar-refractivity contribution in [3.63, 3.8) is 0 Å². The summed E-state index contributed by atoms with van der Waals surface area (Å²) in [6, 6.07) is 24.1. The third-order valence-corrected chi connectivity index (χ3v) is 9.76. The van der Waals surface area contributed by atoms with Gasteiger partial charge in [0.15, 0.2) is 4.80 Å². The Labute approximate surface area is 294 Å². The first-order chi connectivity index (χ1) is 22.2. The van der Waals surface area contributed by atoms with Crippen molar-refractivity contribution < 1.29 is 23.0 Å². The molecule has 0 radical (unpaired) electrons. The fraction of sp³-hybridized carbons (Fsp3) is 0.114. The summed E-state index contributed by atoms with van der Waals surface area (Å²) in [5.74, 6) is -0.656. The number of carbonyl (C=O) groups is 1. The van der Waals surface area contributed by atoms with Crippen molar-refractivity contribution in [2.75, 3.05) is 6.61 Å². The lowest BCUT2D eigenvalue weighted by molar-refractivity contribution is -0.138. The highest BCUT2D eigenvalue weighted by Crippen LogP contribution is 2.35. The van der Waals surface area contributed by atoms with Crippen LogP contribution in [0.4, 0.5) is 8.78 Å². The van der Waals surface area contributed by atoms with E-state index in [0.717, 1.165) is 18.3 Å². The molecule has 1 aliphatic rings. The molecule has 232 valence electrons. The summed E-state index contributed by atoms with van der Waals surface area (Å²) in [6.07, 6.45) is 1.79. The highest BCUT2D eigenvalue weighted by atomic mass is 127. The topological polar surface area (TPSA) is 69.9 Å². The Bertz CT molecular complexity index is 2120. The Morgan fingerprint density at radius 3 is 2.22 bits per heavy atom. The largest absolute Gasteiger partial charge is 0.487 e. The summed E-state index contributed by atoms with van der Waals surface area (Å²) in [4.78, 5) is 32.9. The van der Waals surface area contributed by atoms with E-state index in [0.29, 0.717) is 31.9 Å². The number of ether oxygens (including phenoxy) is 2. The fourth-order valence-electron chi connectivity index (χ4n) is 5.09. The smallest absolute Gasteiger partial charge is 0.338 e. The van der Waals surface area contributed by atoms with E-state index in [2.05, 4.69) is 45.2 Å². The highest BCUT2D eigenvalue weighted by Gasteiger charge is 2.35. The summed E-state index contributed by atoms with van der Waals surface area (Å²) in [6.45, 7) is 2.12. The van der Waals surface area contributed by atoms with Gasteiger partial charge in [-0.25, -0.2) is 18.6 Å². The number of hydrogen-bond donors (Lipinski definition) is 0. The number of esters is 1. The number of rotatable bonds is 8. The maximum atomic E-state index is 14.1. The summed E-state index contributed by atoms with van der Waals surface area (Å²) < 4.78 is 42.4. The number of hydrogen-bond acceptors (Lipinski definition) is 6. The quantitative estimate of drug-likeness (QED) is 0.125. The molecule has 1 atom stereocenters. The molecule has 1 aliphatic heterocycles. The van der Waals surface area contributed by atoms with E-state index < -0.39 is 17.8 Å². The Hall–Kier alpha value is -3.69. The number of halogens is 4. The maximum absolute atomic E-state index is 14.1. The highest BCUT2D eigenvalue weighted by molar-refractivity contribution is 14.1. The Kier molecular flexibility index (Phi) is 9.80.